The Labute approximate surface area is 280 Å². The van der Waals surface area contributed by atoms with E-state index in [2.05, 4.69) is 37.3 Å². The lowest BCUT2D eigenvalue weighted by atomic mass is 9.90. The zero-order valence-electron chi connectivity index (χ0n) is 27.0. The number of rotatable bonds is 8. The fourth-order valence-electron chi connectivity index (χ4n) is 6.23. The summed E-state index contributed by atoms with van der Waals surface area (Å²) in [6.45, 7) is 4.07. The summed E-state index contributed by atoms with van der Waals surface area (Å²) in [5.74, 6) is 0.654. The molecule has 48 heavy (non-hydrogen) atoms. The Morgan fingerprint density at radius 2 is 1.21 bits per heavy atom. The van der Waals surface area contributed by atoms with Gasteiger partial charge in [0, 0.05) is 28.0 Å². The highest BCUT2D eigenvalue weighted by atomic mass is 19.2. The molecule has 6 aromatic rings. The van der Waals surface area contributed by atoms with Crippen LogP contribution in [-0.2, 0) is 0 Å². The molecule has 0 amide bonds. The number of methoxy groups -OCH3 is 1. The van der Waals surface area contributed by atoms with Crippen molar-refractivity contribution in [3.63, 3.8) is 0 Å². The van der Waals surface area contributed by atoms with Crippen LogP contribution >= 0.6 is 0 Å². The van der Waals surface area contributed by atoms with Crippen LogP contribution in [-0.4, -0.2) is 24.7 Å². The highest BCUT2D eigenvalue weighted by molar-refractivity contribution is 6.42. The second kappa shape index (κ2) is 13.2. The van der Waals surface area contributed by atoms with E-state index < -0.39 is 7.40 Å². The van der Waals surface area contributed by atoms with E-state index in [-0.39, 0.29) is 0 Å². The molecule has 0 saturated heterocycles. The maximum absolute atomic E-state index is 15.7. The highest BCUT2D eigenvalue weighted by Gasteiger charge is 2.33. The standard InChI is InChI=1S/C42H33BF2N2O/c1-28-14-18-32(19-15-28)38-26-36(30-10-6-4-7-11-30)41(46-38)40(34-20-16-29(2)17-21-34)42-37(31-12-8-5-9-13-31)27-39(47(42)43(44)45)33-22-24-35(48-3)25-23-33/h4-27H,1-3H3/b41-40-. The minimum absolute atomic E-state index is 0.400. The minimum atomic E-state index is -2.85. The second-order valence-electron chi connectivity index (χ2n) is 11.9. The van der Waals surface area contributed by atoms with Crippen molar-refractivity contribution in [3.8, 4) is 28.1 Å². The molecule has 6 heteroatoms. The Bertz CT molecular complexity index is 2160. The highest BCUT2D eigenvalue weighted by Crippen LogP contribution is 2.45. The van der Waals surface area contributed by atoms with Crippen LogP contribution in [0.15, 0.2) is 156 Å². The smallest absolute Gasteiger partial charge is 0.497 e. The molecule has 7 rings (SSSR count). The van der Waals surface area contributed by atoms with E-state index in [1.165, 1.54) is 0 Å². The maximum atomic E-state index is 15.7. The van der Waals surface area contributed by atoms with Gasteiger partial charge in [-0.05, 0) is 72.5 Å². The molecule has 0 bridgehead atoms. The largest absolute Gasteiger partial charge is 0.678 e. The summed E-state index contributed by atoms with van der Waals surface area (Å²) in [5.41, 5.74) is 10.8. The number of halogens is 2. The van der Waals surface area contributed by atoms with Gasteiger partial charge in [0.1, 0.15) is 5.75 Å². The number of aromatic nitrogens is 1. The Hall–Kier alpha value is -5.75. The molecule has 0 N–H and O–H groups in total. The van der Waals surface area contributed by atoms with E-state index in [9.17, 15) is 0 Å². The number of allylic oxidation sites excluding steroid dienone is 2. The number of hydrogen-bond acceptors (Lipinski definition) is 2. The predicted octanol–water partition coefficient (Wildman–Crippen LogP) is 10.6. The number of ether oxygens (including phenoxy) is 1. The Morgan fingerprint density at radius 3 is 1.79 bits per heavy atom. The molecular formula is C42H33BF2N2O. The first-order valence-corrected chi connectivity index (χ1v) is 15.9. The Kier molecular flexibility index (Phi) is 8.47. The van der Waals surface area contributed by atoms with Gasteiger partial charge in [0.25, 0.3) is 0 Å². The molecule has 1 aliphatic rings. The third-order valence-corrected chi connectivity index (χ3v) is 8.72. The summed E-state index contributed by atoms with van der Waals surface area (Å²) >= 11 is 0. The molecule has 0 radical (unpaired) electrons. The van der Waals surface area contributed by atoms with Gasteiger partial charge in [0.2, 0.25) is 0 Å². The molecular weight excluding hydrogens is 597 g/mol. The third-order valence-electron chi connectivity index (χ3n) is 8.72. The van der Waals surface area contributed by atoms with E-state index in [1.807, 2.05) is 110 Å². The SMILES string of the molecule is COc1ccc(-c2cc(-c3ccccc3)c(/C(=C3\N=C(c4ccc(C)cc4)C=C3c3ccccc3)c3ccc(C)cc3)n2B(F)F)cc1. The number of aryl methyl sites for hydroxylation is 2. The van der Waals surface area contributed by atoms with Crippen molar-refractivity contribution >= 4 is 24.3 Å². The van der Waals surface area contributed by atoms with E-state index in [4.69, 9.17) is 9.73 Å². The Morgan fingerprint density at radius 1 is 0.646 bits per heavy atom. The van der Waals surface area contributed by atoms with Crippen LogP contribution in [0.25, 0.3) is 33.5 Å². The first-order valence-electron chi connectivity index (χ1n) is 15.9. The zero-order chi connectivity index (χ0) is 33.2. The first-order chi connectivity index (χ1) is 23.4. The lowest BCUT2D eigenvalue weighted by molar-refractivity contribution is 0.415. The normalized spacial score (nSPS) is 13.6. The lowest BCUT2D eigenvalue weighted by Gasteiger charge is -2.19. The van der Waals surface area contributed by atoms with Crippen LogP contribution in [0, 0.1) is 13.8 Å². The van der Waals surface area contributed by atoms with Gasteiger partial charge < -0.3 is 9.21 Å². The average Bonchev–Trinajstić information content (AvgIpc) is 3.74. The molecule has 0 fully saturated rings. The number of benzene rings is 5. The van der Waals surface area contributed by atoms with Gasteiger partial charge in [-0.25, -0.2) is 4.99 Å². The second-order valence-corrected chi connectivity index (χ2v) is 11.9. The maximum Gasteiger partial charge on any atom is 0.678 e. The van der Waals surface area contributed by atoms with Gasteiger partial charge in [-0.1, -0.05) is 120 Å². The molecule has 0 unspecified atom stereocenters. The van der Waals surface area contributed by atoms with Crippen molar-refractivity contribution in [3.05, 3.63) is 185 Å². The summed E-state index contributed by atoms with van der Waals surface area (Å²) < 4.78 is 38.0. The van der Waals surface area contributed by atoms with Crippen LogP contribution in [0.2, 0.25) is 0 Å². The van der Waals surface area contributed by atoms with Crippen LogP contribution in [0.3, 0.4) is 0 Å². The molecule has 0 atom stereocenters. The van der Waals surface area contributed by atoms with Gasteiger partial charge in [-0.3, -0.25) is 8.63 Å². The average molecular weight is 631 g/mol. The monoisotopic (exact) mass is 630 g/mol. The summed E-state index contributed by atoms with van der Waals surface area (Å²) in [5, 5.41) is 0. The molecule has 1 aromatic heterocycles. The van der Waals surface area contributed by atoms with Crippen molar-refractivity contribution in [2.24, 2.45) is 4.99 Å². The topological polar surface area (TPSA) is 26.5 Å². The van der Waals surface area contributed by atoms with Gasteiger partial charge in [-0.15, -0.1) is 0 Å². The van der Waals surface area contributed by atoms with Crippen molar-refractivity contribution in [2.75, 3.05) is 7.11 Å². The summed E-state index contributed by atoms with van der Waals surface area (Å²) in [7, 11) is -1.26. The quantitative estimate of drug-likeness (QED) is 0.154. The fourth-order valence-corrected chi connectivity index (χ4v) is 6.23. The lowest BCUT2D eigenvalue weighted by Crippen LogP contribution is -2.18. The van der Waals surface area contributed by atoms with Crippen molar-refractivity contribution in [1.82, 2.24) is 4.48 Å². The van der Waals surface area contributed by atoms with Crippen LogP contribution < -0.4 is 4.74 Å². The Balaban J connectivity index is 1.61. The molecule has 234 valence electrons. The van der Waals surface area contributed by atoms with Crippen molar-refractivity contribution in [2.45, 2.75) is 13.8 Å². The molecule has 2 heterocycles. The van der Waals surface area contributed by atoms with Gasteiger partial charge in [-0.2, -0.15) is 0 Å². The summed E-state index contributed by atoms with van der Waals surface area (Å²) in [6.07, 6.45) is 2.08. The molecule has 0 spiro atoms. The fraction of sp³-hybridized carbons (Fsp3) is 0.0714. The van der Waals surface area contributed by atoms with E-state index in [0.29, 0.717) is 39.5 Å². The molecule has 3 nitrogen and oxygen atoms in total. The van der Waals surface area contributed by atoms with E-state index >= 15 is 8.63 Å². The van der Waals surface area contributed by atoms with Crippen molar-refractivity contribution < 1.29 is 13.4 Å². The zero-order valence-corrected chi connectivity index (χ0v) is 27.0. The number of nitrogens with zero attached hydrogens (tertiary/aromatic N) is 2. The van der Waals surface area contributed by atoms with Crippen LogP contribution in [0.1, 0.15) is 33.5 Å². The van der Waals surface area contributed by atoms with Gasteiger partial charge in [0.15, 0.2) is 0 Å². The van der Waals surface area contributed by atoms with Gasteiger partial charge in [0.05, 0.1) is 24.2 Å². The number of aliphatic imine (C=N–C) groups is 1. The molecule has 5 aromatic carbocycles. The minimum Gasteiger partial charge on any atom is -0.497 e. The van der Waals surface area contributed by atoms with E-state index in [0.717, 1.165) is 49.1 Å². The molecule has 0 saturated carbocycles. The van der Waals surface area contributed by atoms with Crippen LogP contribution in [0.5, 0.6) is 5.75 Å². The van der Waals surface area contributed by atoms with Crippen LogP contribution in [0.4, 0.5) is 8.63 Å². The third kappa shape index (κ3) is 5.93. The predicted molar refractivity (Wildman–Crippen MR) is 195 cm³/mol. The first kappa shape index (κ1) is 30.9. The summed E-state index contributed by atoms with van der Waals surface area (Å²) in [4.78, 5) is 5.29. The summed E-state index contributed by atoms with van der Waals surface area (Å²) in [6, 6.07) is 45.2. The van der Waals surface area contributed by atoms with Crippen molar-refractivity contribution in [1.29, 1.82) is 0 Å². The van der Waals surface area contributed by atoms with Gasteiger partial charge >= 0.3 is 7.40 Å². The van der Waals surface area contributed by atoms with E-state index in [1.54, 1.807) is 19.2 Å². The molecule has 0 aliphatic carbocycles. The number of hydrogen-bond donors (Lipinski definition) is 0. The molecule has 1 aliphatic heterocycles.